The van der Waals surface area contributed by atoms with Crippen molar-refractivity contribution in [3.8, 4) is 0 Å². The molecule has 2 rings (SSSR count). The maximum absolute atomic E-state index is 11.7. The van der Waals surface area contributed by atoms with E-state index in [0.717, 1.165) is 51.6 Å². The fourth-order valence-corrected chi connectivity index (χ4v) is 2.89. The number of methoxy groups -OCH3 is 1. The van der Waals surface area contributed by atoms with Crippen LogP contribution in [0, 0.1) is 0 Å². The first-order chi connectivity index (χ1) is 9.26. The summed E-state index contributed by atoms with van der Waals surface area (Å²) in [7, 11) is 1.39. The highest BCUT2D eigenvalue weighted by atomic mass is 16.5. The van der Waals surface area contributed by atoms with Crippen molar-refractivity contribution in [3.63, 3.8) is 0 Å². The van der Waals surface area contributed by atoms with Crippen LogP contribution in [-0.2, 0) is 14.3 Å². The van der Waals surface area contributed by atoms with Crippen molar-refractivity contribution in [2.24, 2.45) is 0 Å². The number of hydrogen-bond acceptors (Lipinski definition) is 5. The van der Waals surface area contributed by atoms with Gasteiger partial charge in [-0.05, 0) is 25.7 Å². The summed E-state index contributed by atoms with van der Waals surface area (Å²) in [5, 5.41) is 7.67. The van der Waals surface area contributed by atoms with Crippen molar-refractivity contribution in [2.75, 3.05) is 26.7 Å². The second kappa shape index (κ2) is 6.98. The van der Waals surface area contributed by atoms with Crippen molar-refractivity contribution in [2.45, 2.75) is 43.9 Å². The molecule has 0 amide bonds. The Morgan fingerprint density at radius 1 is 1.47 bits per heavy atom. The van der Waals surface area contributed by atoms with E-state index in [1.165, 1.54) is 7.11 Å². The first-order valence-electron chi connectivity index (χ1n) is 6.94. The van der Waals surface area contributed by atoms with Gasteiger partial charge in [0.05, 0.1) is 7.11 Å². The zero-order valence-corrected chi connectivity index (χ0v) is 11.4. The first kappa shape index (κ1) is 14.4. The lowest BCUT2D eigenvalue weighted by Crippen LogP contribution is -2.56. The number of carbonyl (C=O) groups is 2. The molecule has 0 aromatic carbocycles. The predicted molar refractivity (Wildman–Crippen MR) is 69.6 cm³/mol. The number of piperidine rings is 1. The smallest absolute Gasteiger partial charge is 0.323 e. The molecule has 19 heavy (non-hydrogen) atoms. The highest BCUT2D eigenvalue weighted by molar-refractivity contribution is 5.76. The van der Waals surface area contributed by atoms with Gasteiger partial charge in [-0.3, -0.25) is 15.0 Å². The molecule has 3 atom stereocenters. The van der Waals surface area contributed by atoms with E-state index in [2.05, 4.69) is 10.6 Å². The molecule has 6 heteroatoms. The van der Waals surface area contributed by atoms with Crippen LogP contribution in [0.1, 0.15) is 25.7 Å². The average molecular weight is 268 g/mol. The highest BCUT2D eigenvalue weighted by Crippen LogP contribution is 2.20. The van der Waals surface area contributed by atoms with Crippen LogP contribution >= 0.6 is 0 Å². The quantitative estimate of drug-likeness (QED) is 0.538. The SMILES string of the molecule is COC(=O)C1CCCN1C(C=O)NC1CCC[N]C1. The molecular formula is C13H22N3O3. The van der Waals surface area contributed by atoms with Gasteiger partial charge in [-0.1, -0.05) is 0 Å². The predicted octanol–water partition coefficient (Wildman–Crippen LogP) is -0.495. The van der Waals surface area contributed by atoms with Crippen molar-refractivity contribution in [1.29, 1.82) is 0 Å². The monoisotopic (exact) mass is 268 g/mol. The van der Waals surface area contributed by atoms with Gasteiger partial charge in [0.1, 0.15) is 12.2 Å². The minimum absolute atomic E-state index is 0.239. The number of hydrogen-bond donors (Lipinski definition) is 1. The zero-order chi connectivity index (χ0) is 13.7. The van der Waals surface area contributed by atoms with E-state index in [1.807, 2.05) is 4.90 Å². The third kappa shape index (κ3) is 3.52. The van der Waals surface area contributed by atoms with Crippen LogP contribution in [0.4, 0.5) is 0 Å². The number of esters is 1. The average Bonchev–Trinajstić information content (AvgIpc) is 2.94. The van der Waals surface area contributed by atoms with Gasteiger partial charge in [0.15, 0.2) is 6.29 Å². The Hall–Kier alpha value is -0.980. The third-order valence-electron chi connectivity index (χ3n) is 3.88. The Balaban J connectivity index is 1.95. The number of aldehydes is 1. The number of rotatable bonds is 5. The summed E-state index contributed by atoms with van der Waals surface area (Å²) in [6.45, 7) is 2.42. The minimum Gasteiger partial charge on any atom is -0.468 e. The minimum atomic E-state index is -0.412. The Kier molecular flexibility index (Phi) is 5.30. The highest BCUT2D eigenvalue weighted by Gasteiger charge is 2.36. The molecule has 0 aromatic rings. The summed E-state index contributed by atoms with van der Waals surface area (Å²) in [4.78, 5) is 25.0. The van der Waals surface area contributed by atoms with Crippen molar-refractivity contribution < 1.29 is 14.3 Å². The number of nitrogens with zero attached hydrogens (tertiary/aromatic N) is 2. The van der Waals surface area contributed by atoms with Gasteiger partial charge < -0.3 is 9.53 Å². The molecule has 2 fully saturated rings. The molecule has 2 saturated heterocycles. The third-order valence-corrected chi connectivity index (χ3v) is 3.88. The summed E-state index contributed by atoms with van der Waals surface area (Å²) in [6.07, 6.45) is 4.24. The maximum Gasteiger partial charge on any atom is 0.323 e. The molecule has 1 radical (unpaired) electrons. The number of nitrogens with one attached hydrogen (secondary N) is 1. The van der Waals surface area contributed by atoms with Crippen LogP contribution in [0.5, 0.6) is 0 Å². The number of ether oxygens (including phenoxy) is 1. The van der Waals surface area contributed by atoms with Crippen molar-refractivity contribution in [1.82, 2.24) is 15.5 Å². The summed E-state index contributed by atoms with van der Waals surface area (Å²) < 4.78 is 4.81. The molecule has 0 bridgehead atoms. The molecule has 0 saturated carbocycles. The van der Waals surface area contributed by atoms with E-state index < -0.39 is 6.17 Å². The van der Waals surface area contributed by atoms with Crippen LogP contribution < -0.4 is 10.6 Å². The van der Waals surface area contributed by atoms with Crippen LogP contribution in [0.15, 0.2) is 0 Å². The Bertz CT molecular complexity index is 318. The van der Waals surface area contributed by atoms with Crippen LogP contribution in [0.25, 0.3) is 0 Å². The molecule has 6 nitrogen and oxygen atoms in total. The molecule has 0 spiro atoms. The Morgan fingerprint density at radius 2 is 2.32 bits per heavy atom. The van der Waals surface area contributed by atoms with E-state index >= 15 is 0 Å². The van der Waals surface area contributed by atoms with Gasteiger partial charge >= 0.3 is 5.97 Å². The van der Waals surface area contributed by atoms with Crippen molar-refractivity contribution >= 4 is 12.3 Å². The largest absolute Gasteiger partial charge is 0.468 e. The summed E-state index contributed by atoms with van der Waals surface area (Å²) in [6, 6.07) is -0.0592. The van der Waals surface area contributed by atoms with Crippen LogP contribution in [0.2, 0.25) is 0 Å². The first-order valence-corrected chi connectivity index (χ1v) is 6.94. The van der Waals surface area contributed by atoms with E-state index in [1.54, 1.807) is 0 Å². The van der Waals surface area contributed by atoms with Gasteiger partial charge in [0, 0.05) is 25.7 Å². The molecule has 2 heterocycles. The number of likely N-dealkylation sites (tertiary alicyclic amines) is 1. The lowest BCUT2D eigenvalue weighted by Gasteiger charge is -2.33. The lowest BCUT2D eigenvalue weighted by molar-refractivity contribution is -0.147. The summed E-state index contributed by atoms with van der Waals surface area (Å²) in [5.74, 6) is -0.250. The second-order valence-corrected chi connectivity index (χ2v) is 5.14. The lowest BCUT2D eigenvalue weighted by atomic mass is 10.1. The second-order valence-electron chi connectivity index (χ2n) is 5.14. The number of carbonyl (C=O) groups excluding carboxylic acids is 2. The molecule has 0 aliphatic carbocycles. The zero-order valence-electron chi connectivity index (χ0n) is 11.4. The van der Waals surface area contributed by atoms with Gasteiger partial charge in [0.2, 0.25) is 0 Å². The molecule has 3 unspecified atom stereocenters. The standard InChI is InChI=1S/C13H22N3O3/c1-19-13(18)11-5-3-7-16(11)12(9-17)15-10-4-2-6-14-8-10/h9-12,15H,2-8H2,1H3. The molecule has 2 aliphatic rings. The van der Waals surface area contributed by atoms with E-state index in [-0.39, 0.29) is 18.1 Å². The summed E-state index contributed by atoms with van der Waals surface area (Å²) in [5.41, 5.74) is 0. The Labute approximate surface area is 113 Å². The molecule has 0 aromatic heterocycles. The molecular weight excluding hydrogens is 246 g/mol. The fourth-order valence-electron chi connectivity index (χ4n) is 2.89. The fraction of sp³-hybridized carbons (Fsp3) is 0.846. The van der Waals surface area contributed by atoms with E-state index in [0.29, 0.717) is 0 Å². The normalized spacial score (nSPS) is 29.9. The van der Waals surface area contributed by atoms with E-state index in [4.69, 9.17) is 4.74 Å². The van der Waals surface area contributed by atoms with Gasteiger partial charge in [-0.15, -0.1) is 0 Å². The van der Waals surface area contributed by atoms with Gasteiger partial charge in [-0.25, -0.2) is 5.32 Å². The van der Waals surface area contributed by atoms with Crippen LogP contribution in [-0.4, -0.2) is 62.1 Å². The van der Waals surface area contributed by atoms with Gasteiger partial charge in [-0.2, -0.15) is 0 Å². The Morgan fingerprint density at radius 3 is 2.95 bits per heavy atom. The molecule has 1 N–H and O–H groups in total. The maximum atomic E-state index is 11.7. The molecule has 107 valence electrons. The van der Waals surface area contributed by atoms with Crippen molar-refractivity contribution in [3.05, 3.63) is 0 Å². The summed E-state index contributed by atoms with van der Waals surface area (Å²) >= 11 is 0. The van der Waals surface area contributed by atoms with E-state index in [9.17, 15) is 9.59 Å². The van der Waals surface area contributed by atoms with Crippen LogP contribution in [0.3, 0.4) is 0 Å². The topological polar surface area (TPSA) is 72.7 Å². The molecule has 2 aliphatic heterocycles. The van der Waals surface area contributed by atoms with Gasteiger partial charge in [0.25, 0.3) is 0 Å².